The average Bonchev–Trinajstić information content (AvgIpc) is 2.87. The van der Waals surface area contributed by atoms with Crippen LogP contribution < -0.4 is 9.46 Å². The van der Waals surface area contributed by atoms with Crippen LogP contribution in [0.1, 0.15) is 58.8 Å². The van der Waals surface area contributed by atoms with Crippen LogP contribution in [0.15, 0.2) is 65.6 Å². The summed E-state index contributed by atoms with van der Waals surface area (Å²) in [5.74, 6) is 6.06. The molecule has 0 saturated carbocycles. The van der Waals surface area contributed by atoms with Gasteiger partial charge in [-0.05, 0) is 66.8 Å². The molecule has 0 aliphatic rings. The minimum absolute atomic E-state index is 0.103. The number of esters is 1. The first kappa shape index (κ1) is 26.8. The van der Waals surface area contributed by atoms with Crippen molar-refractivity contribution in [2.75, 3.05) is 18.9 Å². The van der Waals surface area contributed by atoms with Gasteiger partial charge in [0.05, 0.1) is 30.4 Å². The predicted octanol–water partition coefficient (Wildman–Crippen LogP) is 5.72. The van der Waals surface area contributed by atoms with Crippen molar-refractivity contribution in [2.45, 2.75) is 44.4 Å². The first-order valence-electron chi connectivity index (χ1n) is 11.7. The largest absolute Gasteiger partial charge is 0.497 e. The fourth-order valence-electron chi connectivity index (χ4n) is 3.78. The Labute approximate surface area is 213 Å². The molecule has 3 rings (SSSR count). The number of aryl methyl sites for hydroxylation is 1. The van der Waals surface area contributed by atoms with Crippen LogP contribution in [-0.4, -0.2) is 28.6 Å². The van der Waals surface area contributed by atoms with Gasteiger partial charge in [0, 0.05) is 12.0 Å². The number of nitrogens with one attached hydrogen (secondary N) is 1. The van der Waals surface area contributed by atoms with Crippen molar-refractivity contribution in [2.24, 2.45) is 0 Å². The highest BCUT2D eigenvalue weighted by atomic mass is 32.2. The number of hydrogen-bond donors (Lipinski definition) is 1. The van der Waals surface area contributed by atoms with Crippen molar-refractivity contribution in [1.82, 2.24) is 0 Å². The van der Waals surface area contributed by atoms with E-state index in [1.165, 1.54) is 20.3 Å². The van der Waals surface area contributed by atoms with E-state index in [9.17, 15) is 13.2 Å². The molecule has 7 heteroatoms. The first-order chi connectivity index (χ1) is 17.3. The molecule has 1 N–H and O–H groups in total. The lowest BCUT2D eigenvalue weighted by atomic mass is 10.0. The maximum Gasteiger partial charge on any atom is 0.340 e. The zero-order valence-electron chi connectivity index (χ0n) is 21.1. The van der Waals surface area contributed by atoms with Crippen LogP contribution in [0.5, 0.6) is 5.75 Å². The Hall–Kier alpha value is -3.76. The summed E-state index contributed by atoms with van der Waals surface area (Å²) in [5.41, 5.74) is 3.00. The van der Waals surface area contributed by atoms with Gasteiger partial charge in [-0.3, -0.25) is 4.72 Å². The van der Waals surface area contributed by atoms with Crippen molar-refractivity contribution in [1.29, 1.82) is 0 Å². The highest BCUT2D eigenvalue weighted by molar-refractivity contribution is 7.92. The highest BCUT2D eigenvalue weighted by Gasteiger charge is 2.24. The number of ether oxygens (including phenoxy) is 2. The molecule has 0 amide bonds. The van der Waals surface area contributed by atoms with Gasteiger partial charge in [-0.15, -0.1) is 0 Å². The third-order valence-electron chi connectivity index (χ3n) is 5.66. The van der Waals surface area contributed by atoms with Crippen LogP contribution >= 0.6 is 0 Å². The number of rotatable bonds is 9. The Balaban J connectivity index is 2.04. The van der Waals surface area contributed by atoms with Gasteiger partial charge < -0.3 is 9.47 Å². The molecular formula is C29H31NO5S. The van der Waals surface area contributed by atoms with E-state index >= 15 is 0 Å². The van der Waals surface area contributed by atoms with Crippen molar-refractivity contribution in [3.05, 3.63) is 88.5 Å². The Kier molecular flexibility index (Phi) is 9.15. The molecule has 0 bridgehead atoms. The molecule has 0 spiro atoms. The van der Waals surface area contributed by atoms with E-state index in [0.717, 1.165) is 24.8 Å². The smallest absolute Gasteiger partial charge is 0.340 e. The lowest BCUT2D eigenvalue weighted by molar-refractivity contribution is 0.0602. The van der Waals surface area contributed by atoms with Crippen LogP contribution in [0, 0.1) is 18.8 Å². The lowest BCUT2D eigenvalue weighted by Crippen LogP contribution is -2.19. The van der Waals surface area contributed by atoms with Gasteiger partial charge in [0.25, 0.3) is 10.0 Å². The number of anilines is 1. The van der Waals surface area contributed by atoms with Crippen molar-refractivity contribution in [3.63, 3.8) is 0 Å². The quantitative estimate of drug-likeness (QED) is 0.228. The van der Waals surface area contributed by atoms with Crippen molar-refractivity contribution >= 4 is 21.7 Å². The fourth-order valence-corrected chi connectivity index (χ4v) is 5.16. The normalized spacial score (nSPS) is 10.8. The standard InChI is InChI=1S/C29H31NO5S/c1-5-6-7-9-14-23-17-21(2)28(26(19-23)29(31)35-4)30-36(32,33)27-16-15-25(34-3)20-24(27)18-22-12-10-8-11-13-22/h8,10-13,15-17,19-20,30H,5-7,18H2,1-4H3. The van der Waals surface area contributed by atoms with Gasteiger partial charge in [0.1, 0.15) is 5.75 Å². The van der Waals surface area contributed by atoms with Gasteiger partial charge in [0.2, 0.25) is 0 Å². The maximum atomic E-state index is 13.6. The Morgan fingerprint density at radius 3 is 2.44 bits per heavy atom. The zero-order chi connectivity index (χ0) is 26.1. The monoisotopic (exact) mass is 505 g/mol. The van der Waals surface area contributed by atoms with E-state index in [0.29, 0.717) is 28.9 Å². The second-order valence-electron chi connectivity index (χ2n) is 8.35. The van der Waals surface area contributed by atoms with Crippen LogP contribution in [0.25, 0.3) is 0 Å². The first-order valence-corrected chi connectivity index (χ1v) is 13.2. The van der Waals surface area contributed by atoms with Crippen molar-refractivity contribution in [3.8, 4) is 17.6 Å². The van der Waals surface area contributed by atoms with E-state index in [1.54, 1.807) is 31.2 Å². The Morgan fingerprint density at radius 2 is 1.78 bits per heavy atom. The lowest BCUT2D eigenvalue weighted by Gasteiger charge is -2.17. The molecule has 3 aromatic carbocycles. The van der Waals surface area contributed by atoms with E-state index < -0.39 is 16.0 Å². The van der Waals surface area contributed by atoms with Crippen LogP contribution in [0.4, 0.5) is 5.69 Å². The molecule has 6 nitrogen and oxygen atoms in total. The molecular weight excluding hydrogens is 474 g/mol. The average molecular weight is 506 g/mol. The number of benzene rings is 3. The number of carbonyl (C=O) groups is 1. The minimum Gasteiger partial charge on any atom is -0.497 e. The molecule has 0 aliphatic heterocycles. The third kappa shape index (κ3) is 6.67. The molecule has 0 atom stereocenters. The summed E-state index contributed by atoms with van der Waals surface area (Å²) in [4.78, 5) is 12.7. The van der Waals surface area contributed by atoms with Gasteiger partial charge in [-0.2, -0.15) is 0 Å². The van der Waals surface area contributed by atoms with Crippen molar-refractivity contribution < 1.29 is 22.7 Å². The van der Waals surface area contributed by atoms with E-state index in [2.05, 4.69) is 23.5 Å². The second kappa shape index (κ2) is 12.3. The summed E-state index contributed by atoms with van der Waals surface area (Å²) in [6.07, 6.45) is 3.17. The van der Waals surface area contributed by atoms with Crippen LogP contribution in [0.2, 0.25) is 0 Å². The SMILES string of the molecule is CCCCC#Cc1cc(C)c(NS(=O)(=O)c2ccc(OC)cc2Cc2ccccc2)c(C(=O)OC)c1. The summed E-state index contributed by atoms with van der Waals surface area (Å²) in [5, 5.41) is 0. The molecule has 3 aromatic rings. The fraction of sp³-hybridized carbons (Fsp3) is 0.276. The summed E-state index contributed by atoms with van der Waals surface area (Å²) in [6.45, 7) is 3.83. The van der Waals surface area contributed by atoms with Gasteiger partial charge in [-0.25, -0.2) is 13.2 Å². The van der Waals surface area contributed by atoms with Gasteiger partial charge in [-0.1, -0.05) is 55.5 Å². The number of sulfonamides is 1. The Bertz CT molecular complexity index is 1390. The maximum absolute atomic E-state index is 13.6. The molecule has 0 unspecified atom stereocenters. The zero-order valence-corrected chi connectivity index (χ0v) is 21.9. The molecule has 0 fully saturated rings. The van der Waals surface area contributed by atoms with E-state index in [1.807, 2.05) is 30.3 Å². The summed E-state index contributed by atoms with van der Waals surface area (Å²) in [7, 11) is -1.27. The minimum atomic E-state index is -4.06. The molecule has 188 valence electrons. The number of hydrogen-bond acceptors (Lipinski definition) is 5. The molecule has 0 saturated heterocycles. The molecule has 0 aliphatic carbocycles. The van der Waals surface area contributed by atoms with Gasteiger partial charge in [0.15, 0.2) is 0 Å². The Morgan fingerprint density at radius 1 is 1.03 bits per heavy atom. The second-order valence-corrected chi connectivity index (χ2v) is 10.0. The predicted molar refractivity (Wildman–Crippen MR) is 142 cm³/mol. The highest BCUT2D eigenvalue weighted by Crippen LogP contribution is 2.30. The number of methoxy groups -OCH3 is 2. The van der Waals surface area contributed by atoms with E-state index in [4.69, 9.17) is 9.47 Å². The summed E-state index contributed by atoms with van der Waals surface area (Å²) < 4.78 is 40.2. The molecule has 36 heavy (non-hydrogen) atoms. The van der Waals surface area contributed by atoms with Gasteiger partial charge >= 0.3 is 5.97 Å². The van der Waals surface area contributed by atoms with Crippen LogP contribution in [-0.2, 0) is 21.2 Å². The van der Waals surface area contributed by atoms with E-state index in [-0.39, 0.29) is 16.1 Å². The summed E-state index contributed by atoms with van der Waals surface area (Å²) in [6, 6.07) is 17.7. The van der Waals surface area contributed by atoms with Crippen LogP contribution in [0.3, 0.4) is 0 Å². The third-order valence-corrected chi connectivity index (χ3v) is 7.11. The molecule has 0 aromatic heterocycles. The molecule has 0 radical (unpaired) electrons. The number of carbonyl (C=O) groups excluding carboxylic acids is 1. The summed E-state index contributed by atoms with van der Waals surface area (Å²) >= 11 is 0. The number of unbranched alkanes of at least 4 members (excludes halogenated alkanes) is 2. The topological polar surface area (TPSA) is 81.7 Å². The molecule has 0 heterocycles.